The third-order valence-electron chi connectivity index (χ3n) is 3.58. The van der Waals surface area contributed by atoms with E-state index >= 15 is 0 Å². The van der Waals surface area contributed by atoms with Crippen LogP contribution in [0.15, 0.2) is 27.8 Å². The average molecular weight is 421 g/mol. The fourth-order valence-corrected chi connectivity index (χ4v) is 2.46. The van der Waals surface area contributed by atoms with Crippen LogP contribution in [0.5, 0.6) is 0 Å². The zero-order chi connectivity index (χ0) is 14.8. The van der Waals surface area contributed by atoms with Gasteiger partial charge in [0, 0.05) is 32.7 Å². The molecule has 2 N–H and O–H groups in total. The maximum absolute atomic E-state index is 5.73. The number of guanidine groups is 1. The maximum atomic E-state index is 5.73. The Bertz CT molecular complexity index is 404. The highest BCUT2D eigenvalue weighted by molar-refractivity contribution is 14.0. The molecule has 1 atom stereocenters. The first-order valence-electron chi connectivity index (χ1n) is 8.04. The molecule has 0 aliphatic carbocycles. The summed E-state index contributed by atoms with van der Waals surface area (Å²) in [5.74, 6) is 1.87. The molecular weight excluding hydrogens is 393 g/mol. The van der Waals surface area contributed by atoms with Crippen LogP contribution < -0.4 is 10.6 Å². The highest BCUT2D eigenvalue weighted by Crippen LogP contribution is 2.15. The molecule has 1 unspecified atom stereocenters. The molecule has 0 aromatic carbocycles. The molecular formula is C16H28IN3O2. The number of aliphatic imine (C=N–C) groups is 1. The Morgan fingerprint density at radius 2 is 2.27 bits per heavy atom. The van der Waals surface area contributed by atoms with Gasteiger partial charge < -0.3 is 19.8 Å². The van der Waals surface area contributed by atoms with Crippen LogP contribution in [0.2, 0.25) is 0 Å². The van der Waals surface area contributed by atoms with Crippen molar-refractivity contribution >= 4 is 29.9 Å². The average Bonchev–Trinajstić information content (AvgIpc) is 3.02. The molecule has 1 fully saturated rings. The minimum atomic E-state index is 0. The molecule has 0 radical (unpaired) electrons. The van der Waals surface area contributed by atoms with Crippen molar-refractivity contribution in [2.24, 2.45) is 4.99 Å². The van der Waals surface area contributed by atoms with Crippen LogP contribution in [-0.4, -0.2) is 38.3 Å². The molecule has 1 saturated heterocycles. The van der Waals surface area contributed by atoms with Crippen molar-refractivity contribution in [2.75, 3.05) is 26.2 Å². The van der Waals surface area contributed by atoms with Gasteiger partial charge in [-0.2, -0.15) is 0 Å². The second kappa shape index (κ2) is 11.8. The highest BCUT2D eigenvalue weighted by Gasteiger charge is 2.12. The molecule has 1 aromatic heterocycles. The SMILES string of the molecule is CCNC(=NCCC1CCCCO1)NCCc1ccco1.I. The van der Waals surface area contributed by atoms with E-state index in [1.165, 1.54) is 19.3 Å². The molecule has 0 saturated carbocycles. The van der Waals surface area contributed by atoms with Gasteiger partial charge in [-0.3, -0.25) is 4.99 Å². The van der Waals surface area contributed by atoms with Crippen LogP contribution in [0.1, 0.15) is 38.4 Å². The smallest absolute Gasteiger partial charge is 0.191 e. The van der Waals surface area contributed by atoms with E-state index in [1.807, 2.05) is 12.1 Å². The lowest BCUT2D eigenvalue weighted by molar-refractivity contribution is 0.0129. The van der Waals surface area contributed by atoms with E-state index in [-0.39, 0.29) is 24.0 Å². The molecule has 5 nitrogen and oxygen atoms in total. The zero-order valence-electron chi connectivity index (χ0n) is 13.3. The number of halogens is 1. The molecule has 1 aromatic rings. The number of furan rings is 1. The van der Waals surface area contributed by atoms with Gasteiger partial charge in [0.1, 0.15) is 5.76 Å². The number of ether oxygens (including phenoxy) is 1. The van der Waals surface area contributed by atoms with E-state index in [0.29, 0.717) is 6.10 Å². The third-order valence-corrected chi connectivity index (χ3v) is 3.58. The van der Waals surface area contributed by atoms with Crippen molar-refractivity contribution in [1.82, 2.24) is 10.6 Å². The summed E-state index contributed by atoms with van der Waals surface area (Å²) in [4.78, 5) is 4.61. The van der Waals surface area contributed by atoms with Crippen molar-refractivity contribution in [1.29, 1.82) is 0 Å². The first kappa shape index (κ1) is 19.3. The standard InChI is InChI=1S/C16H27N3O2.HI/c1-2-17-16(19-11-9-15-7-5-13-21-15)18-10-8-14-6-3-4-12-20-14;/h5,7,13-14H,2-4,6,8-12H2,1H3,(H2,17,18,19);1H. The Morgan fingerprint density at radius 1 is 1.36 bits per heavy atom. The Kier molecular flexibility index (Phi) is 10.3. The van der Waals surface area contributed by atoms with Crippen molar-refractivity contribution in [3.05, 3.63) is 24.2 Å². The number of hydrogen-bond acceptors (Lipinski definition) is 3. The number of hydrogen-bond donors (Lipinski definition) is 2. The Morgan fingerprint density at radius 3 is 2.95 bits per heavy atom. The number of rotatable bonds is 7. The Hall–Kier alpha value is -0.760. The molecule has 0 amide bonds. The van der Waals surface area contributed by atoms with Crippen LogP contribution in [0.25, 0.3) is 0 Å². The van der Waals surface area contributed by atoms with Crippen LogP contribution in [0, 0.1) is 0 Å². The van der Waals surface area contributed by atoms with Gasteiger partial charge >= 0.3 is 0 Å². The second-order valence-corrected chi connectivity index (χ2v) is 5.29. The molecule has 1 aliphatic rings. The van der Waals surface area contributed by atoms with Gasteiger partial charge in [0.05, 0.1) is 12.4 Å². The molecule has 2 rings (SSSR count). The lowest BCUT2D eigenvalue weighted by Crippen LogP contribution is -2.38. The van der Waals surface area contributed by atoms with E-state index in [4.69, 9.17) is 9.15 Å². The summed E-state index contributed by atoms with van der Waals surface area (Å²) in [7, 11) is 0. The van der Waals surface area contributed by atoms with Gasteiger partial charge in [0.2, 0.25) is 0 Å². The van der Waals surface area contributed by atoms with Crippen molar-refractivity contribution in [2.45, 2.75) is 45.1 Å². The van der Waals surface area contributed by atoms with Gasteiger partial charge in [0.25, 0.3) is 0 Å². The monoisotopic (exact) mass is 421 g/mol. The van der Waals surface area contributed by atoms with E-state index < -0.39 is 0 Å². The number of nitrogens with one attached hydrogen (secondary N) is 2. The van der Waals surface area contributed by atoms with Crippen molar-refractivity contribution in [3.8, 4) is 0 Å². The van der Waals surface area contributed by atoms with Gasteiger partial charge in [-0.15, -0.1) is 24.0 Å². The molecule has 1 aliphatic heterocycles. The summed E-state index contributed by atoms with van der Waals surface area (Å²) in [6, 6.07) is 3.91. The molecule has 22 heavy (non-hydrogen) atoms. The van der Waals surface area contributed by atoms with Crippen LogP contribution >= 0.6 is 24.0 Å². The first-order valence-corrected chi connectivity index (χ1v) is 8.04. The summed E-state index contributed by atoms with van der Waals surface area (Å²) < 4.78 is 11.0. The summed E-state index contributed by atoms with van der Waals surface area (Å²) in [5.41, 5.74) is 0. The predicted molar refractivity (Wildman–Crippen MR) is 100 cm³/mol. The largest absolute Gasteiger partial charge is 0.469 e. The van der Waals surface area contributed by atoms with E-state index in [2.05, 4.69) is 22.5 Å². The molecule has 126 valence electrons. The fraction of sp³-hybridized carbons (Fsp3) is 0.688. The van der Waals surface area contributed by atoms with Crippen LogP contribution in [-0.2, 0) is 11.2 Å². The quantitative estimate of drug-likeness (QED) is 0.404. The summed E-state index contributed by atoms with van der Waals surface area (Å²) in [5, 5.41) is 6.60. The maximum Gasteiger partial charge on any atom is 0.191 e. The molecule has 0 bridgehead atoms. The minimum absolute atomic E-state index is 0. The van der Waals surface area contributed by atoms with Gasteiger partial charge in [0.15, 0.2) is 5.96 Å². The summed E-state index contributed by atoms with van der Waals surface area (Å²) >= 11 is 0. The van der Waals surface area contributed by atoms with Crippen LogP contribution in [0.3, 0.4) is 0 Å². The third kappa shape index (κ3) is 7.49. The zero-order valence-corrected chi connectivity index (χ0v) is 15.7. The van der Waals surface area contributed by atoms with Gasteiger partial charge in [-0.1, -0.05) is 0 Å². The topological polar surface area (TPSA) is 58.8 Å². The van der Waals surface area contributed by atoms with E-state index in [1.54, 1.807) is 6.26 Å². The van der Waals surface area contributed by atoms with E-state index in [9.17, 15) is 0 Å². The second-order valence-electron chi connectivity index (χ2n) is 5.29. The van der Waals surface area contributed by atoms with Crippen molar-refractivity contribution < 1.29 is 9.15 Å². The minimum Gasteiger partial charge on any atom is -0.469 e. The predicted octanol–water partition coefficient (Wildman–Crippen LogP) is 2.95. The van der Waals surface area contributed by atoms with Crippen molar-refractivity contribution in [3.63, 3.8) is 0 Å². The van der Waals surface area contributed by atoms with Crippen LogP contribution in [0.4, 0.5) is 0 Å². The normalized spacial score (nSPS) is 18.6. The lowest BCUT2D eigenvalue weighted by atomic mass is 10.1. The first-order chi connectivity index (χ1) is 10.4. The molecule has 0 spiro atoms. The molecule has 2 heterocycles. The molecule has 6 heteroatoms. The lowest BCUT2D eigenvalue weighted by Gasteiger charge is -2.21. The fourth-order valence-electron chi connectivity index (χ4n) is 2.46. The van der Waals surface area contributed by atoms with Gasteiger partial charge in [-0.05, 0) is 44.7 Å². The highest BCUT2D eigenvalue weighted by atomic mass is 127. The summed E-state index contributed by atoms with van der Waals surface area (Å²) in [6.45, 7) is 5.48. The number of nitrogens with zero attached hydrogens (tertiary/aromatic N) is 1. The van der Waals surface area contributed by atoms with E-state index in [0.717, 1.165) is 50.8 Å². The Labute approximate surface area is 150 Å². The summed E-state index contributed by atoms with van der Waals surface area (Å²) in [6.07, 6.45) is 7.65. The Balaban J connectivity index is 0.00000242. The van der Waals surface area contributed by atoms with Gasteiger partial charge in [-0.25, -0.2) is 0 Å².